The molecule has 1 heterocycles. The van der Waals surface area contributed by atoms with Crippen molar-refractivity contribution in [3.63, 3.8) is 0 Å². The van der Waals surface area contributed by atoms with Crippen molar-refractivity contribution in [3.05, 3.63) is 47.2 Å². The van der Waals surface area contributed by atoms with Crippen LogP contribution < -0.4 is 4.72 Å². The molecule has 0 aliphatic heterocycles. The highest BCUT2D eigenvalue weighted by Crippen LogP contribution is 2.29. The summed E-state index contributed by atoms with van der Waals surface area (Å²) in [6, 6.07) is 8.27. The molecule has 0 radical (unpaired) electrons. The van der Waals surface area contributed by atoms with Crippen LogP contribution in [0.4, 0.5) is 5.69 Å². The van der Waals surface area contributed by atoms with Gasteiger partial charge in [0.05, 0.1) is 5.69 Å². The summed E-state index contributed by atoms with van der Waals surface area (Å²) in [4.78, 5) is 3.40. The second kappa shape index (κ2) is 5.36. The smallest absolute Gasteiger partial charge is 0.264 e. The van der Waals surface area contributed by atoms with E-state index >= 15 is 0 Å². The van der Waals surface area contributed by atoms with E-state index in [1.165, 1.54) is 36.5 Å². The van der Waals surface area contributed by atoms with E-state index in [9.17, 15) is 13.5 Å². The lowest BCUT2D eigenvalue weighted by Crippen LogP contribution is -2.15. The van der Waals surface area contributed by atoms with Gasteiger partial charge in [0, 0.05) is 11.2 Å². The Balaban J connectivity index is 2.47. The van der Waals surface area contributed by atoms with Gasteiger partial charge in [0.1, 0.15) is 16.7 Å². The van der Waals surface area contributed by atoms with Gasteiger partial charge in [-0.05, 0) is 30.3 Å². The van der Waals surface area contributed by atoms with Gasteiger partial charge in [0.15, 0.2) is 5.69 Å². The zero-order valence-electron chi connectivity index (χ0n) is 9.91. The van der Waals surface area contributed by atoms with Crippen molar-refractivity contribution >= 4 is 27.3 Å². The van der Waals surface area contributed by atoms with E-state index in [0.717, 1.165) is 0 Å². The summed E-state index contributed by atoms with van der Waals surface area (Å²) in [5.74, 6) is -0.277. The Morgan fingerprint density at radius 2 is 2.10 bits per heavy atom. The van der Waals surface area contributed by atoms with Crippen LogP contribution in [0.2, 0.25) is 5.02 Å². The van der Waals surface area contributed by atoms with Crippen LogP contribution in [0.25, 0.3) is 0 Å². The number of phenols is 1. The highest BCUT2D eigenvalue weighted by Gasteiger charge is 2.20. The number of nitrogens with zero attached hydrogens (tertiary/aromatic N) is 2. The van der Waals surface area contributed by atoms with E-state index in [0.29, 0.717) is 0 Å². The number of aromatic nitrogens is 1. The van der Waals surface area contributed by atoms with Crippen molar-refractivity contribution in [2.45, 2.75) is 4.90 Å². The number of pyridine rings is 1. The van der Waals surface area contributed by atoms with Crippen LogP contribution in [0.5, 0.6) is 5.75 Å². The molecule has 0 atom stereocenters. The summed E-state index contributed by atoms with van der Waals surface area (Å²) >= 11 is 5.74. The number of anilines is 1. The Bertz CT molecular complexity index is 800. The highest BCUT2D eigenvalue weighted by atomic mass is 35.5. The molecule has 1 aromatic heterocycles. The maximum atomic E-state index is 12.2. The summed E-state index contributed by atoms with van der Waals surface area (Å²) in [7, 11) is -4.05. The minimum atomic E-state index is -4.05. The predicted molar refractivity (Wildman–Crippen MR) is 72.9 cm³/mol. The number of halogens is 1. The molecule has 102 valence electrons. The molecule has 1 aromatic carbocycles. The van der Waals surface area contributed by atoms with Crippen molar-refractivity contribution in [1.82, 2.24) is 4.98 Å². The first-order valence-corrected chi connectivity index (χ1v) is 7.16. The molecule has 0 bridgehead atoms. The number of nitriles is 1. The first kappa shape index (κ1) is 14.1. The van der Waals surface area contributed by atoms with E-state index in [-0.39, 0.29) is 27.0 Å². The fourth-order valence-electron chi connectivity index (χ4n) is 1.48. The minimum Gasteiger partial charge on any atom is -0.506 e. The summed E-state index contributed by atoms with van der Waals surface area (Å²) in [5, 5.41) is 18.7. The Morgan fingerprint density at radius 1 is 1.35 bits per heavy atom. The minimum absolute atomic E-state index is 0.0785. The molecule has 0 saturated heterocycles. The van der Waals surface area contributed by atoms with Crippen molar-refractivity contribution in [1.29, 1.82) is 5.26 Å². The van der Waals surface area contributed by atoms with Gasteiger partial charge in [-0.25, -0.2) is 13.4 Å². The summed E-state index contributed by atoms with van der Waals surface area (Å²) < 4.78 is 26.5. The third-order valence-corrected chi connectivity index (χ3v) is 4.00. The Morgan fingerprint density at radius 3 is 2.80 bits per heavy atom. The number of nitrogens with one attached hydrogen (secondary N) is 1. The third-order valence-electron chi connectivity index (χ3n) is 2.37. The van der Waals surface area contributed by atoms with Crippen molar-refractivity contribution in [2.24, 2.45) is 0 Å². The standard InChI is InChI=1S/C12H8ClN3O3S/c13-8-3-4-11(17)9(6-8)16-20(18,19)12-2-1-5-15-10(12)7-14/h1-6,16-17H. The lowest BCUT2D eigenvalue weighted by Gasteiger charge is -2.10. The maximum Gasteiger partial charge on any atom is 0.264 e. The molecule has 0 aliphatic carbocycles. The van der Waals surface area contributed by atoms with E-state index in [1.54, 1.807) is 6.07 Å². The molecule has 0 spiro atoms. The number of hydrogen-bond acceptors (Lipinski definition) is 5. The van der Waals surface area contributed by atoms with Crippen LogP contribution in [-0.4, -0.2) is 18.5 Å². The van der Waals surface area contributed by atoms with Crippen LogP contribution in [0.15, 0.2) is 41.4 Å². The monoisotopic (exact) mass is 309 g/mol. The van der Waals surface area contributed by atoms with Gasteiger partial charge < -0.3 is 5.11 Å². The fraction of sp³-hybridized carbons (Fsp3) is 0. The molecule has 0 unspecified atom stereocenters. The first-order valence-electron chi connectivity index (χ1n) is 5.30. The largest absolute Gasteiger partial charge is 0.506 e. The Hall–Kier alpha value is -2.30. The average Bonchev–Trinajstić information content (AvgIpc) is 2.42. The molecule has 2 aromatic rings. The summed E-state index contributed by atoms with van der Waals surface area (Å²) in [6.07, 6.45) is 1.31. The number of phenolic OH excluding ortho intramolecular Hbond substituents is 1. The average molecular weight is 310 g/mol. The number of rotatable bonds is 3. The van der Waals surface area contributed by atoms with E-state index in [2.05, 4.69) is 9.71 Å². The Kier molecular flexibility index (Phi) is 3.79. The van der Waals surface area contributed by atoms with Crippen molar-refractivity contribution in [2.75, 3.05) is 4.72 Å². The fourth-order valence-corrected chi connectivity index (χ4v) is 2.83. The Labute approximate surface area is 120 Å². The first-order chi connectivity index (χ1) is 9.44. The van der Waals surface area contributed by atoms with Crippen LogP contribution in [-0.2, 0) is 10.0 Å². The van der Waals surface area contributed by atoms with Crippen molar-refractivity contribution in [3.8, 4) is 11.8 Å². The van der Waals surface area contributed by atoms with Crippen LogP contribution in [0.3, 0.4) is 0 Å². The zero-order valence-corrected chi connectivity index (χ0v) is 11.5. The normalized spacial score (nSPS) is 10.8. The molecule has 2 N–H and O–H groups in total. The van der Waals surface area contributed by atoms with Crippen LogP contribution in [0, 0.1) is 11.3 Å². The third kappa shape index (κ3) is 2.82. The van der Waals surface area contributed by atoms with Crippen LogP contribution in [0.1, 0.15) is 5.69 Å². The molecular formula is C12H8ClN3O3S. The molecule has 8 heteroatoms. The van der Waals surface area contributed by atoms with E-state index < -0.39 is 10.0 Å². The lowest BCUT2D eigenvalue weighted by atomic mass is 10.3. The number of aromatic hydroxyl groups is 1. The van der Waals surface area contributed by atoms with Gasteiger partial charge in [-0.2, -0.15) is 5.26 Å². The van der Waals surface area contributed by atoms with Gasteiger partial charge in [-0.15, -0.1) is 0 Å². The van der Waals surface area contributed by atoms with Gasteiger partial charge in [-0.1, -0.05) is 11.6 Å². The molecule has 2 rings (SSSR count). The predicted octanol–water partition coefficient (Wildman–Crippen LogP) is 2.11. The molecular weight excluding hydrogens is 302 g/mol. The van der Waals surface area contributed by atoms with Gasteiger partial charge in [-0.3, -0.25) is 4.72 Å². The van der Waals surface area contributed by atoms with Crippen LogP contribution >= 0.6 is 11.6 Å². The van der Waals surface area contributed by atoms with E-state index in [4.69, 9.17) is 16.9 Å². The maximum absolute atomic E-state index is 12.2. The zero-order chi connectivity index (χ0) is 14.8. The quantitative estimate of drug-likeness (QED) is 0.845. The van der Waals surface area contributed by atoms with Crippen molar-refractivity contribution < 1.29 is 13.5 Å². The molecule has 0 saturated carbocycles. The lowest BCUT2D eigenvalue weighted by molar-refractivity contribution is 0.477. The van der Waals surface area contributed by atoms with E-state index in [1.807, 2.05) is 0 Å². The number of benzene rings is 1. The molecule has 6 nitrogen and oxygen atoms in total. The van der Waals surface area contributed by atoms with Gasteiger partial charge in [0.25, 0.3) is 10.0 Å². The second-order valence-electron chi connectivity index (χ2n) is 3.73. The topological polar surface area (TPSA) is 103 Å². The second-order valence-corrected chi connectivity index (χ2v) is 5.82. The number of hydrogen-bond donors (Lipinski definition) is 2. The summed E-state index contributed by atoms with van der Waals surface area (Å²) in [6.45, 7) is 0. The molecule has 0 amide bonds. The summed E-state index contributed by atoms with van der Waals surface area (Å²) in [5.41, 5.74) is -0.313. The molecule has 0 aliphatic rings. The SMILES string of the molecule is N#Cc1ncccc1S(=O)(=O)Nc1cc(Cl)ccc1O. The molecule has 0 fully saturated rings. The van der Waals surface area contributed by atoms with Gasteiger partial charge >= 0.3 is 0 Å². The molecule has 20 heavy (non-hydrogen) atoms. The van der Waals surface area contributed by atoms with Gasteiger partial charge in [0.2, 0.25) is 0 Å². The number of sulfonamides is 1. The highest BCUT2D eigenvalue weighted by molar-refractivity contribution is 7.92.